The Hall–Kier alpha value is -2.74. The van der Waals surface area contributed by atoms with Crippen LogP contribution in [-0.2, 0) is 9.59 Å². The smallest absolute Gasteiger partial charge is 0.244 e. The van der Waals surface area contributed by atoms with Crippen LogP contribution in [-0.4, -0.2) is 39.2 Å². The second-order valence-corrected chi connectivity index (χ2v) is 5.39. The molecule has 0 saturated carbocycles. The Morgan fingerprint density at radius 3 is 2.61 bits per heavy atom. The normalized spacial score (nSPS) is 12.0. The van der Waals surface area contributed by atoms with Gasteiger partial charge in [-0.05, 0) is 18.1 Å². The molecule has 1 atom stereocenters. The lowest BCUT2D eigenvalue weighted by Gasteiger charge is -2.14. The fourth-order valence-corrected chi connectivity index (χ4v) is 1.81. The van der Waals surface area contributed by atoms with Crippen molar-refractivity contribution >= 4 is 17.6 Å². The molecule has 0 radical (unpaired) electrons. The van der Waals surface area contributed by atoms with E-state index in [0.717, 1.165) is 5.69 Å². The summed E-state index contributed by atoms with van der Waals surface area (Å²) >= 11 is 0. The zero-order chi connectivity index (χ0) is 16.8. The Labute approximate surface area is 134 Å². The van der Waals surface area contributed by atoms with Gasteiger partial charge in [-0.3, -0.25) is 14.6 Å². The van der Waals surface area contributed by atoms with Gasteiger partial charge in [0.15, 0.2) is 5.82 Å². The first-order valence-electron chi connectivity index (χ1n) is 7.26. The van der Waals surface area contributed by atoms with E-state index in [0.29, 0.717) is 5.82 Å². The van der Waals surface area contributed by atoms with E-state index in [9.17, 15) is 9.59 Å². The zero-order valence-electron chi connectivity index (χ0n) is 13.1. The van der Waals surface area contributed by atoms with Crippen LogP contribution in [0.4, 0.5) is 5.82 Å². The molecular formula is C15H20N6O2. The minimum absolute atomic E-state index is 0.00845. The SMILES string of the molecule is CC(C)[C@H](N)C(=O)NCC(=O)Nc1ccn(-c2ccncc2)n1. The maximum atomic E-state index is 11.8. The van der Waals surface area contributed by atoms with E-state index in [1.165, 1.54) is 0 Å². The third-order valence-electron chi connectivity index (χ3n) is 3.23. The molecule has 2 aromatic rings. The molecule has 0 aliphatic rings. The number of nitrogens with zero attached hydrogens (tertiary/aromatic N) is 3. The van der Waals surface area contributed by atoms with Crippen LogP contribution in [0.3, 0.4) is 0 Å². The Morgan fingerprint density at radius 2 is 1.96 bits per heavy atom. The van der Waals surface area contributed by atoms with Crippen LogP contribution in [0.25, 0.3) is 5.69 Å². The quantitative estimate of drug-likeness (QED) is 0.709. The summed E-state index contributed by atoms with van der Waals surface area (Å²) in [5, 5.41) is 9.35. The topological polar surface area (TPSA) is 115 Å². The molecule has 0 fully saturated rings. The van der Waals surface area contributed by atoms with E-state index in [-0.39, 0.29) is 24.3 Å². The van der Waals surface area contributed by atoms with Gasteiger partial charge in [0, 0.05) is 24.7 Å². The molecular weight excluding hydrogens is 296 g/mol. The van der Waals surface area contributed by atoms with Crippen LogP contribution < -0.4 is 16.4 Å². The summed E-state index contributed by atoms with van der Waals surface area (Å²) in [6, 6.07) is 4.63. The molecule has 8 heteroatoms. The summed E-state index contributed by atoms with van der Waals surface area (Å²) < 4.78 is 1.62. The largest absolute Gasteiger partial charge is 0.346 e. The molecule has 0 aliphatic heterocycles. The molecule has 2 rings (SSSR count). The first kappa shape index (κ1) is 16.6. The average Bonchev–Trinajstić information content (AvgIpc) is 3.01. The molecule has 2 amide bonds. The second kappa shape index (κ2) is 7.50. The van der Waals surface area contributed by atoms with E-state index in [2.05, 4.69) is 20.7 Å². The second-order valence-electron chi connectivity index (χ2n) is 5.39. The Kier molecular flexibility index (Phi) is 5.42. The molecule has 0 aliphatic carbocycles. The first-order chi connectivity index (χ1) is 11.0. The van der Waals surface area contributed by atoms with Crippen LogP contribution in [0.15, 0.2) is 36.8 Å². The third-order valence-corrected chi connectivity index (χ3v) is 3.23. The van der Waals surface area contributed by atoms with Gasteiger partial charge in [0.1, 0.15) is 0 Å². The molecule has 4 N–H and O–H groups in total. The number of pyridine rings is 1. The van der Waals surface area contributed by atoms with Gasteiger partial charge in [-0.25, -0.2) is 4.68 Å². The van der Waals surface area contributed by atoms with Crippen molar-refractivity contribution < 1.29 is 9.59 Å². The molecule has 0 bridgehead atoms. The summed E-state index contributed by atoms with van der Waals surface area (Å²) in [5.74, 6) is -0.310. The molecule has 0 aromatic carbocycles. The van der Waals surface area contributed by atoms with Crippen molar-refractivity contribution in [2.24, 2.45) is 11.7 Å². The number of carbonyl (C=O) groups is 2. The van der Waals surface area contributed by atoms with Crippen molar-refractivity contribution in [3.8, 4) is 5.69 Å². The van der Waals surface area contributed by atoms with E-state index >= 15 is 0 Å². The van der Waals surface area contributed by atoms with Gasteiger partial charge in [-0.2, -0.15) is 5.10 Å². The highest BCUT2D eigenvalue weighted by molar-refractivity contribution is 5.94. The minimum atomic E-state index is -0.631. The lowest BCUT2D eigenvalue weighted by molar-refractivity contribution is -0.125. The predicted octanol–water partition coefficient (Wildman–Crippen LogP) is 0.305. The zero-order valence-corrected chi connectivity index (χ0v) is 13.1. The minimum Gasteiger partial charge on any atom is -0.346 e. The summed E-state index contributed by atoms with van der Waals surface area (Å²) in [4.78, 5) is 27.5. The van der Waals surface area contributed by atoms with Crippen LogP contribution >= 0.6 is 0 Å². The lowest BCUT2D eigenvalue weighted by Crippen LogP contribution is -2.46. The summed E-state index contributed by atoms with van der Waals surface area (Å²) in [7, 11) is 0. The van der Waals surface area contributed by atoms with Gasteiger partial charge < -0.3 is 16.4 Å². The summed E-state index contributed by atoms with van der Waals surface area (Å²) in [6.45, 7) is 3.54. The Morgan fingerprint density at radius 1 is 1.26 bits per heavy atom. The molecule has 0 spiro atoms. The molecule has 0 saturated heterocycles. The van der Waals surface area contributed by atoms with Crippen LogP contribution in [0, 0.1) is 5.92 Å². The predicted molar refractivity (Wildman–Crippen MR) is 85.8 cm³/mol. The maximum Gasteiger partial charge on any atom is 0.244 e. The van der Waals surface area contributed by atoms with Crippen molar-refractivity contribution in [1.82, 2.24) is 20.1 Å². The number of nitrogens with two attached hydrogens (primary N) is 1. The highest BCUT2D eigenvalue weighted by Crippen LogP contribution is 2.08. The highest BCUT2D eigenvalue weighted by Gasteiger charge is 2.17. The number of aromatic nitrogens is 3. The van der Waals surface area contributed by atoms with Crippen LogP contribution in [0.1, 0.15) is 13.8 Å². The fraction of sp³-hybridized carbons (Fsp3) is 0.333. The number of carbonyl (C=O) groups excluding carboxylic acids is 2. The molecule has 23 heavy (non-hydrogen) atoms. The third kappa shape index (κ3) is 4.62. The van der Waals surface area contributed by atoms with Gasteiger partial charge in [0.25, 0.3) is 0 Å². The lowest BCUT2D eigenvalue weighted by atomic mass is 10.1. The number of hydrogen-bond acceptors (Lipinski definition) is 5. The molecule has 8 nitrogen and oxygen atoms in total. The van der Waals surface area contributed by atoms with Gasteiger partial charge in [-0.1, -0.05) is 13.8 Å². The van der Waals surface area contributed by atoms with Crippen molar-refractivity contribution in [2.45, 2.75) is 19.9 Å². The van der Waals surface area contributed by atoms with Crippen molar-refractivity contribution in [3.05, 3.63) is 36.8 Å². The Balaban J connectivity index is 1.87. The van der Waals surface area contributed by atoms with E-state index < -0.39 is 6.04 Å². The fourth-order valence-electron chi connectivity index (χ4n) is 1.81. The monoisotopic (exact) mass is 316 g/mol. The molecule has 122 valence electrons. The van der Waals surface area contributed by atoms with Crippen LogP contribution in [0.5, 0.6) is 0 Å². The van der Waals surface area contributed by atoms with Crippen molar-refractivity contribution in [2.75, 3.05) is 11.9 Å². The van der Waals surface area contributed by atoms with Gasteiger partial charge in [0.2, 0.25) is 11.8 Å². The highest BCUT2D eigenvalue weighted by atomic mass is 16.2. The molecule has 2 heterocycles. The van der Waals surface area contributed by atoms with Crippen molar-refractivity contribution in [1.29, 1.82) is 0 Å². The number of rotatable bonds is 6. The number of hydrogen-bond donors (Lipinski definition) is 3. The number of anilines is 1. The van der Waals surface area contributed by atoms with E-state index in [1.54, 1.807) is 41.5 Å². The van der Waals surface area contributed by atoms with Gasteiger partial charge in [0.05, 0.1) is 18.3 Å². The number of amides is 2. The maximum absolute atomic E-state index is 11.8. The van der Waals surface area contributed by atoms with Crippen molar-refractivity contribution in [3.63, 3.8) is 0 Å². The molecule has 2 aromatic heterocycles. The van der Waals surface area contributed by atoms with Gasteiger partial charge >= 0.3 is 0 Å². The van der Waals surface area contributed by atoms with E-state index in [1.807, 2.05) is 13.8 Å². The summed E-state index contributed by atoms with van der Waals surface area (Å²) in [5.41, 5.74) is 6.53. The standard InChI is InChI=1S/C15H20N6O2/c1-10(2)14(16)15(23)18-9-13(22)19-12-5-8-21(20-12)11-3-6-17-7-4-11/h3-8,10,14H,9,16H2,1-2H3,(H,18,23)(H,19,20,22)/t14-/m0/s1. The van der Waals surface area contributed by atoms with E-state index in [4.69, 9.17) is 5.73 Å². The number of nitrogens with one attached hydrogen (secondary N) is 2. The Bertz CT molecular complexity index is 668. The van der Waals surface area contributed by atoms with Crippen LogP contribution in [0.2, 0.25) is 0 Å². The molecule has 0 unspecified atom stereocenters. The first-order valence-corrected chi connectivity index (χ1v) is 7.26. The average molecular weight is 316 g/mol. The van der Waals surface area contributed by atoms with Gasteiger partial charge in [-0.15, -0.1) is 0 Å². The summed E-state index contributed by atoms with van der Waals surface area (Å²) in [6.07, 6.45) is 5.03.